The van der Waals surface area contributed by atoms with Crippen LogP contribution in [-0.2, 0) is 11.3 Å². The van der Waals surface area contributed by atoms with Crippen molar-refractivity contribution in [2.75, 3.05) is 26.7 Å². The van der Waals surface area contributed by atoms with E-state index in [1.165, 1.54) is 12.7 Å². The predicted octanol–water partition coefficient (Wildman–Crippen LogP) is 2.29. The maximum atomic E-state index is 11.3. The van der Waals surface area contributed by atoms with Crippen LogP contribution in [0.3, 0.4) is 0 Å². The molecule has 0 heterocycles. The minimum atomic E-state index is -0.292. The second-order valence-electron chi connectivity index (χ2n) is 4.96. The first kappa shape index (κ1) is 16.7. The Morgan fingerprint density at radius 1 is 1.25 bits per heavy atom. The van der Waals surface area contributed by atoms with E-state index in [0.29, 0.717) is 11.6 Å². The fourth-order valence-corrected chi connectivity index (χ4v) is 2.10. The molecule has 0 aliphatic rings. The number of nitrogens with one attached hydrogen (secondary N) is 1. The van der Waals surface area contributed by atoms with Crippen molar-refractivity contribution in [3.8, 4) is 0 Å². The van der Waals surface area contributed by atoms with Crippen molar-refractivity contribution >= 4 is 5.97 Å². The van der Waals surface area contributed by atoms with Gasteiger partial charge in [0.1, 0.15) is 0 Å². The zero-order chi connectivity index (χ0) is 15.0. The molecule has 1 aromatic rings. The Bertz CT molecular complexity index is 399. The van der Waals surface area contributed by atoms with Gasteiger partial charge in [0, 0.05) is 19.1 Å². The Labute approximate surface area is 122 Å². The minimum Gasteiger partial charge on any atom is -0.465 e. The number of benzene rings is 1. The summed E-state index contributed by atoms with van der Waals surface area (Å²) in [5.41, 5.74) is 1.76. The topological polar surface area (TPSA) is 41.6 Å². The molecule has 1 unspecified atom stereocenters. The fourth-order valence-electron chi connectivity index (χ4n) is 2.10. The van der Waals surface area contributed by atoms with Crippen LogP contribution in [0.4, 0.5) is 0 Å². The molecule has 0 saturated carbocycles. The van der Waals surface area contributed by atoms with E-state index in [9.17, 15) is 4.79 Å². The maximum Gasteiger partial charge on any atom is 0.337 e. The predicted molar refractivity (Wildman–Crippen MR) is 81.9 cm³/mol. The van der Waals surface area contributed by atoms with Crippen LogP contribution in [-0.4, -0.2) is 43.7 Å². The second kappa shape index (κ2) is 8.72. The molecule has 112 valence electrons. The van der Waals surface area contributed by atoms with Gasteiger partial charge >= 0.3 is 5.97 Å². The summed E-state index contributed by atoms with van der Waals surface area (Å²) in [6.07, 6.45) is 0. The van der Waals surface area contributed by atoms with E-state index in [1.54, 1.807) is 12.1 Å². The highest BCUT2D eigenvalue weighted by Crippen LogP contribution is 2.06. The summed E-state index contributed by atoms with van der Waals surface area (Å²) in [7, 11) is 1.40. The van der Waals surface area contributed by atoms with E-state index in [0.717, 1.165) is 26.2 Å². The molecular formula is C16H26N2O2. The van der Waals surface area contributed by atoms with Crippen molar-refractivity contribution in [1.82, 2.24) is 10.2 Å². The molecule has 1 aromatic carbocycles. The number of carbonyl (C=O) groups is 1. The Balaban J connectivity index is 2.43. The minimum absolute atomic E-state index is 0.292. The first-order valence-corrected chi connectivity index (χ1v) is 7.23. The van der Waals surface area contributed by atoms with E-state index in [4.69, 9.17) is 0 Å². The second-order valence-corrected chi connectivity index (χ2v) is 4.96. The number of methoxy groups -OCH3 is 1. The summed E-state index contributed by atoms with van der Waals surface area (Å²) < 4.78 is 4.68. The maximum absolute atomic E-state index is 11.3. The Morgan fingerprint density at radius 2 is 1.85 bits per heavy atom. The molecule has 0 aliphatic heterocycles. The molecule has 4 heteroatoms. The van der Waals surface area contributed by atoms with Crippen LogP contribution in [0.5, 0.6) is 0 Å². The van der Waals surface area contributed by atoms with Crippen molar-refractivity contribution in [1.29, 1.82) is 0 Å². The molecule has 0 radical (unpaired) electrons. The van der Waals surface area contributed by atoms with Crippen molar-refractivity contribution in [2.45, 2.75) is 33.4 Å². The first-order valence-electron chi connectivity index (χ1n) is 7.23. The van der Waals surface area contributed by atoms with Gasteiger partial charge in [-0.15, -0.1) is 0 Å². The van der Waals surface area contributed by atoms with Gasteiger partial charge in [-0.3, -0.25) is 0 Å². The van der Waals surface area contributed by atoms with Crippen LogP contribution in [0.25, 0.3) is 0 Å². The van der Waals surface area contributed by atoms with Crippen LogP contribution in [0.1, 0.15) is 36.7 Å². The number of carbonyl (C=O) groups excluding carboxylic acids is 1. The number of esters is 1. The first-order chi connectivity index (χ1) is 9.60. The molecule has 0 aromatic heterocycles. The molecular weight excluding hydrogens is 252 g/mol. The number of hydrogen-bond acceptors (Lipinski definition) is 4. The van der Waals surface area contributed by atoms with Crippen LogP contribution in [0, 0.1) is 0 Å². The molecule has 0 spiro atoms. The lowest BCUT2D eigenvalue weighted by atomic mass is 10.1. The van der Waals surface area contributed by atoms with Gasteiger partial charge < -0.3 is 15.0 Å². The van der Waals surface area contributed by atoms with Gasteiger partial charge in [-0.25, -0.2) is 4.79 Å². The van der Waals surface area contributed by atoms with Gasteiger partial charge in [-0.2, -0.15) is 0 Å². The number of hydrogen-bond donors (Lipinski definition) is 1. The lowest BCUT2D eigenvalue weighted by Crippen LogP contribution is -2.38. The summed E-state index contributed by atoms with van der Waals surface area (Å²) in [4.78, 5) is 13.7. The molecule has 4 nitrogen and oxygen atoms in total. The molecule has 0 fully saturated rings. The quantitative estimate of drug-likeness (QED) is 0.741. The highest BCUT2D eigenvalue weighted by molar-refractivity contribution is 5.89. The van der Waals surface area contributed by atoms with Crippen LogP contribution >= 0.6 is 0 Å². The van der Waals surface area contributed by atoms with Crippen molar-refractivity contribution in [2.24, 2.45) is 0 Å². The van der Waals surface area contributed by atoms with Gasteiger partial charge in [-0.05, 0) is 37.7 Å². The standard InChI is InChI=1S/C16H26N2O2/c1-5-18(6-2)12-13(3)17-11-14-7-9-15(10-8-14)16(19)20-4/h7-10,13,17H,5-6,11-12H2,1-4H3. The Hall–Kier alpha value is -1.39. The van der Waals surface area contributed by atoms with Gasteiger partial charge in [0.05, 0.1) is 12.7 Å². The third-order valence-corrected chi connectivity index (χ3v) is 3.46. The summed E-state index contributed by atoms with van der Waals surface area (Å²) in [5, 5.41) is 3.50. The number of nitrogens with zero attached hydrogens (tertiary/aromatic N) is 1. The zero-order valence-corrected chi connectivity index (χ0v) is 13.0. The van der Waals surface area contributed by atoms with Gasteiger partial charge in [0.2, 0.25) is 0 Å². The van der Waals surface area contributed by atoms with Gasteiger partial charge in [0.25, 0.3) is 0 Å². The van der Waals surface area contributed by atoms with Gasteiger partial charge in [0.15, 0.2) is 0 Å². The zero-order valence-electron chi connectivity index (χ0n) is 13.0. The van der Waals surface area contributed by atoms with Crippen LogP contribution in [0.15, 0.2) is 24.3 Å². The highest BCUT2D eigenvalue weighted by atomic mass is 16.5. The van der Waals surface area contributed by atoms with E-state index < -0.39 is 0 Å². The van der Waals surface area contributed by atoms with Crippen molar-refractivity contribution in [3.63, 3.8) is 0 Å². The van der Waals surface area contributed by atoms with E-state index >= 15 is 0 Å². The molecule has 0 bridgehead atoms. The monoisotopic (exact) mass is 278 g/mol. The van der Waals surface area contributed by atoms with Crippen LogP contribution in [0.2, 0.25) is 0 Å². The number of likely N-dealkylation sites (N-methyl/N-ethyl adjacent to an activating group) is 1. The van der Waals surface area contributed by atoms with E-state index in [-0.39, 0.29) is 5.97 Å². The number of ether oxygens (including phenoxy) is 1. The van der Waals surface area contributed by atoms with Crippen LogP contribution < -0.4 is 5.32 Å². The highest BCUT2D eigenvalue weighted by Gasteiger charge is 2.07. The third-order valence-electron chi connectivity index (χ3n) is 3.46. The third kappa shape index (κ3) is 5.31. The Kier molecular flexibility index (Phi) is 7.26. The molecule has 1 N–H and O–H groups in total. The molecule has 0 saturated heterocycles. The molecule has 1 atom stereocenters. The Morgan fingerprint density at radius 3 is 2.35 bits per heavy atom. The summed E-state index contributed by atoms with van der Waals surface area (Å²) in [5.74, 6) is -0.292. The van der Waals surface area contributed by atoms with Crippen molar-refractivity contribution in [3.05, 3.63) is 35.4 Å². The number of rotatable bonds is 8. The average molecular weight is 278 g/mol. The SMILES string of the molecule is CCN(CC)CC(C)NCc1ccc(C(=O)OC)cc1. The lowest BCUT2D eigenvalue weighted by molar-refractivity contribution is 0.0600. The van der Waals surface area contributed by atoms with E-state index in [1.807, 2.05) is 12.1 Å². The molecule has 1 rings (SSSR count). The smallest absolute Gasteiger partial charge is 0.337 e. The molecule has 0 amide bonds. The van der Waals surface area contributed by atoms with Gasteiger partial charge in [-0.1, -0.05) is 26.0 Å². The largest absolute Gasteiger partial charge is 0.465 e. The summed E-state index contributed by atoms with van der Waals surface area (Å²) in [6.45, 7) is 10.6. The van der Waals surface area contributed by atoms with E-state index in [2.05, 4.69) is 35.7 Å². The summed E-state index contributed by atoms with van der Waals surface area (Å²) >= 11 is 0. The lowest BCUT2D eigenvalue weighted by Gasteiger charge is -2.23. The van der Waals surface area contributed by atoms with Crippen molar-refractivity contribution < 1.29 is 9.53 Å². The fraction of sp³-hybridized carbons (Fsp3) is 0.562. The molecule has 0 aliphatic carbocycles. The molecule has 20 heavy (non-hydrogen) atoms. The normalized spacial score (nSPS) is 12.4. The summed E-state index contributed by atoms with van der Waals surface area (Å²) in [6, 6.07) is 7.97. The average Bonchev–Trinajstić information content (AvgIpc) is 2.50.